The molecule has 0 fully saturated rings. The zero-order valence-electron chi connectivity index (χ0n) is 12.7. The van der Waals surface area contributed by atoms with Crippen LogP contribution in [0.5, 0.6) is 0 Å². The van der Waals surface area contributed by atoms with E-state index in [0.717, 1.165) is 48.8 Å². The van der Waals surface area contributed by atoms with Crippen molar-refractivity contribution in [3.8, 4) is 11.5 Å². The Balaban J connectivity index is 1.69. The lowest BCUT2D eigenvalue weighted by atomic mass is 10.2. The molecule has 0 aliphatic carbocycles. The number of imidazole rings is 1. The molecule has 0 spiro atoms. The molecule has 3 aromatic rings. The first-order valence-corrected chi connectivity index (χ1v) is 7.60. The minimum atomic E-state index is 0.828. The number of rotatable bonds is 6. The van der Waals surface area contributed by atoms with Gasteiger partial charge in [-0.25, -0.2) is 15.0 Å². The third-order valence-electron chi connectivity index (χ3n) is 3.52. The predicted octanol–water partition coefficient (Wildman–Crippen LogP) is 2.93. The summed E-state index contributed by atoms with van der Waals surface area (Å²) in [4.78, 5) is 17.6. The van der Waals surface area contributed by atoms with Gasteiger partial charge >= 0.3 is 0 Å². The summed E-state index contributed by atoms with van der Waals surface area (Å²) in [6.07, 6.45) is 10.3. The first-order valence-electron chi connectivity index (χ1n) is 7.60. The van der Waals surface area contributed by atoms with Crippen LogP contribution in [0.3, 0.4) is 0 Å². The van der Waals surface area contributed by atoms with Crippen molar-refractivity contribution in [1.82, 2.24) is 24.5 Å². The molecule has 3 rings (SSSR count). The van der Waals surface area contributed by atoms with Crippen molar-refractivity contribution >= 4 is 0 Å². The largest absolute Gasteiger partial charge is 0.330 e. The quantitative estimate of drug-likeness (QED) is 0.701. The molecule has 0 radical (unpaired) electrons. The predicted molar refractivity (Wildman–Crippen MR) is 85.2 cm³/mol. The summed E-state index contributed by atoms with van der Waals surface area (Å²) in [6.45, 7) is 2.95. The third kappa shape index (κ3) is 3.36. The Morgan fingerprint density at radius 3 is 2.77 bits per heavy atom. The van der Waals surface area contributed by atoms with Gasteiger partial charge in [-0.05, 0) is 31.0 Å². The van der Waals surface area contributed by atoms with E-state index in [4.69, 9.17) is 0 Å². The van der Waals surface area contributed by atoms with Crippen LogP contribution in [0.25, 0.3) is 11.5 Å². The van der Waals surface area contributed by atoms with Gasteiger partial charge in [0.05, 0.1) is 0 Å². The van der Waals surface area contributed by atoms with Crippen LogP contribution in [0.4, 0.5) is 0 Å². The van der Waals surface area contributed by atoms with E-state index in [0.29, 0.717) is 0 Å². The van der Waals surface area contributed by atoms with Gasteiger partial charge in [-0.2, -0.15) is 0 Å². The molecule has 0 aromatic carbocycles. The molecular weight excluding hydrogens is 274 g/mol. The van der Waals surface area contributed by atoms with Gasteiger partial charge in [-0.3, -0.25) is 4.98 Å². The average molecular weight is 293 g/mol. The summed E-state index contributed by atoms with van der Waals surface area (Å²) in [5.41, 5.74) is 2.01. The Hall–Kier alpha value is -2.56. The molecule has 0 bridgehead atoms. The first-order chi connectivity index (χ1) is 10.9. The highest BCUT2D eigenvalue weighted by Gasteiger charge is 2.08. The molecule has 3 aromatic heterocycles. The summed E-state index contributed by atoms with van der Waals surface area (Å²) in [5, 5.41) is 0. The molecule has 112 valence electrons. The lowest BCUT2D eigenvalue weighted by Gasteiger charge is -2.08. The number of aromatic nitrogens is 5. The van der Waals surface area contributed by atoms with Gasteiger partial charge in [0.15, 0.2) is 5.82 Å². The monoisotopic (exact) mass is 293 g/mol. The maximum Gasteiger partial charge on any atom is 0.158 e. The molecule has 0 unspecified atom stereocenters. The lowest BCUT2D eigenvalue weighted by Crippen LogP contribution is -2.04. The van der Waals surface area contributed by atoms with Crippen LogP contribution in [0.1, 0.15) is 24.9 Å². The van der Waals surface area contributed by atoms with Crippen molar-refractivity contribution in [1.29, 1.82) is 0 Å². The molecule has 5 nitrogen and oxygen atoms in total. The van der Waals surface area contributed by atoms with Crippen LogP contribution in [0, 0.1) is 0 Å². The first kappa shape index (κ1) is 14.4. The fourth-order valence-corrected chi connectivity index (χ4v) is 2.39. The minimum Gasteiger partial charge on any atom is -0.330 e. The maximum atomic E-state index is 4.55. The highest BCUT2D eigenvalue weighted by Crippen LogP contribution is 2.15. The maximum absolute atomic E-state index is 4.55. The van der Waals surface area contributed by atoms with Gasteiger partial charge in [0, 0.05) is 43.4 Å². The molecule has 0 amide bonds. The molecule has 0 N–H and O–H groups in total. The highest BCUT2D eigenvalue weighted by atomic mass is 15.1. The van der Waals surface area contributed by atoms with Crippen molar-refractivity contribution in [3.05, 3.63) is 60.6 Å². The lowest BCUT2D eigenvalue weighted by molar-refractivity contribution is 0.640. The second-order valence-electron chi connectivity index (χ2n) is 5.08. The molecule has 0 atom stereocenters. The minimum absolute atomic E-state index is 0.828. The van der Waals surface area contributed by atoms with Crippen LogP contribution in [-0.4, -0.2) is 24.5 Å². The van der Waals surface area contributed by atoms with Crippen molar-refractivity contribution < 1.29 is 0 Å². The topological polar surface area (TPSA) is 56.5 Å². The van der Waals surface area contributed by atoms with Gasteiger partial charge < -0.3 is 4.57 Å². The zero-order chi connectivity index (χ0) is 15.2. The average Bonchev–Trinajstić information content (AvgIpc) is 3.04. The molecule has 0 saturated heterocycles. The highest BCUT2D eigenvalue weighted by molar-refractivity contribution is 5.48. The molecule has 5 heteroatoms. The van der Waals surface area contributed by atoms with Gasteiger partial charge in [0.1, 0.15) is 11.5 Å². The Bertz CT molecular complexity index is 721. The van der Waals surface area contributed by atoms with Gasteiger partial charge in [0.2, 0.25) is 0 Å². The molecule has 3 heterocycles. The number of nitrogens with zero attached hydrogens (tertiary/aromatic N) is 5. The van der Waals surface area contributed by atoms with E-state index >= 15 is 0 Å². The summed E-state index contributed by atoms with van der Waals surface area (Å²) in [5.74, 6) is 1.75. The Morgan fingerprint density at radius 2 is 1.95 bits per heavy atom. The van der Waals surface area contributed by atoms with Crippen molar-refractivity contribution in [2.75, 3.05) is 0 Å². The molecular formula is C17H19N5. The third-order valence-corrected chi connectivity index (χ3v) is 3.52. The second-order valence-corrected chi connectivity index (χ2v) is 5.08. The van der Waals surface area contributed by atoms with Crippen LogP contribution >= 0.6 is 0 Å². The number of hydrogen-bond acceptors (Lipinski definition) is 4. The Morgan fingerprint density at radius 1 is 1.00 bits per heavy atom. The summed E-state index contributed by atoms with van der Waals surface area (Å²) < 4.78 is 2.14. The number of aryl methyl sites for hydroxylation is 3. The van der Waals surface area contributed by atoms with Crippen LogP contribution in [0.2, 0.25) is 0 Å². The molecule has 0 saturated carbocycles. The van der Waals surface area contributed by atoms with E-state index in [1.807, 2.05) is 36.8 Å². The summed E-state index contributed by atoms with van der Waals surface area (Å²) in [7, 11) is 0. The van der Waals surface area contributed by atoms with Crippen molar-refractivity contribution in [2.24, 2.45) is 0 Å². The van der Waals surface area contributed by atoms with E-state index in [2.05, 4.69) is 37.5 Å². The summed E-state index contributed by atoms with van der Waals surface area (Å²) in [6, 6.07) is 7.94. The van der Waals surface area contributed by atoms with Crippen molar-refractivity contribution in [2.45, 2.75) is 32.7 Å². The summed E-state index contributed by atoms with van der Waals surface area (Å²) >= 11 is 0. The van der Waals surface area contributed by atoms with E-state index in [1.54, 1.807) is 6.20 Å². The Labute approximate surface area is 130 Å². The molecule has 0 aliphatic rings. The number of pyridine rings is 1. The Kier molecular flexibility index (Phi) is 4.53. The van der Waals surface area contributed by atoms with Crippen LogP contribution < -0.4 is 0 Å². The van der Waals surface area contributed by atoms with E-state index < -0.39 is 0 Å². The molecule has 22 heavy (non-hydrogen) atoms. The van der Waals surface area contributed by atoms with Crippen LogP contribution in [-0.2, 0) is 19.4 Å². The van der Waals surface area contributed by atoms with E-state index in [9.17, 15) is 0 Å². The van der Waals surface area contributed by atoms with Crippen molar-refractivity contribution in [3.63, 3.8) is 0 Å². The number of hydrogen-bond donors (Lipinski definition) is 0. The fraction of sp³-hybridized carbons (Fsp3) is 0.294. The van der Waals surface area contributed by atoms with Crippen LogP contribution in [0.15, 0.2) is 49.1 Å². The molecule has 0 aliphatic heterocycles. The smallest absolute Gasteiger partial charge is 0.158 e. The van der Waals surface area contributed by atoms with Gasteiger partial charge in [0.25, 0.3) is 0 Å². The zero-order valence-corrected chi connectivity index (χ0v) is 12.7. The standard InChI is InChI=1S/C17H19N5/c1-2-16-19-10-8-15(21-16)17-20-11-13-22(17)12-5-7-14-6-3-4-9-18-14/h3-4,6,8-11,13H,2,5,7,12H2,1H3. The van der Waals surface area contributed by atoms with Gasteiger partial charge in [-0.15, -0.1) is 0 Å². The SMILES string of the molecule is CCc1nccc(-c2nccn2CCCc2ccccn2)n1. The van der Waals surface area contributed by atoms with E-state index in [1.165, 1.54) is 0 Å². The normalized spacial score (nSPS) is 10.8. The second kappa shape index (κ2) is 6.93. The fourth-order valence-electron chi connectivity index (χ4n) is 2.39. The van der Waals surface area contributed by atoms with E-state index in [-0.39, 0.29) is 0 Å². The van der Waals surface area contributed by atoms with Gasteiger partial charge in [-0.1, -0.05) is 13.0 Å².